The van der Waals surface area contributed by atoms with Crippen molar-refractivity contribution in [2.75, 3.05) is 0 Å². The molecule has 25 heavy (non-hydrogen) atoms. The Morgan fingerprint density at radius 2 is 1.64 bits per heavy atom. The summed E-state index contributed by atoms with van der Waals surface area (Å²) in [7, 11) is 0. The Kier molecular flexibility index (Phi) is 4.94. The zero-order chi connectivity index (χ0) is 18.8. The molecule has 0 aliphatic carbocycles. The van der Waals surface area contributed by atoms with Crippen molar-refractivity contribution < 1.29 is 14.5 Å². The highest BCUT2D eigenvalue weighted by Gasteiger charge is 2.40. The highest BCUT2D eigenvalue weighted by atomic mass is 16.6. The smallest absolute Gasteiger partial charge is 0.331 e. The molecule has 0 amide bonds. The van der Waals surface area contributed by atoms with Crippen molar-refractivity contribution in [3.8, 4) is 11.1 Å². The number of nitrogens with two attached hydrogens (primary N) is 1. The van der Waals surface area contributed by atoms with E-state index in [0.717, 1.165) is 5.56 Å². The van der Waals surface area contributed by atoms with E-state index in [2.05, 4.69) is 0 Å². The number of ether oxygens (including phenoxy) is 1. The van der Waals surface area contributed by atoms with Crippen LogP contribution in [0, 0.1) is 10.1 Å². The predicted molar refractivity (Wildman–Crippen MR) is 95.9 cm³/mol. The van der Waals surface area contributed by atoms with Crippen molar-refractivity contribution in [2.45, 2.75) is 38.8 Å². The molecule has 0 saturated heterocycles. The fraction of sp³-hybridized carbons (Fsp3) is 0.316. The fourth-order valence-electron chi connectivity index (χ4n) is 2.43. The van der Waals surface area contributed by atoms with Crippen LogP contribution in [0.15, 0.2) is 48.5 Å². The van der Waals surface area contributed by atoms with Gasteiger partial charge >= 0.3 is 5.97 Å². The maximum Gasteiger partial charge on any atom is 0.331 e. The highest BCUT2D eigenvalue weighted by molar-refractivity contribution is 5.84. The first-order valence-corrected chi connectivity index (χ1v) is 7.89. The highest BCUT2D eigenvalue weighted by Crippen LogP contribution is 2.34. The summed E-state index contributed by atoms with van der Waals surface area (Å²) >= 11 is 0. The van der Waals surface area contributed by atoms with Crippen molar-refractivity contribution in [2.24, 2.45) is 5.73 Å². The first-order valence-electron chi connectivity index (χ1n) is 7.89. The Morgan fingerprint density at radius 1 is 1.04 bits per heavy atom. The lowest BCUT2D eigenvalue weighted by molar-refractivity contribution is -0.386. The summed E-state index contributed by atoms with van der Waals surface area (Å²) < 4.78 is 5.32. The van der Waals surface area contributed by atoms with Crippen LogP contribution in [0.3, 0.4) is 0 Å². The molecule has 1 atom stereocenters. The van der Waals surface area contributed by atoms with E-state index < -0.39 is 22.0 Å². The van der Waals surface area contributed by atoms with Crippen molar-refractivity contribution in [3.63, 3.8) is 0 Å². The second-order valence-corrected chi connectivity index (χ2v) is 7.06. The number of nitro benzene ring substituents is 1. The molecule has 2 N–H and O–H groups in total. The average Bonchev–Trinajstić information content (AvgIpc) is 2.53. The third-order valence-electron chi connectivity index (χ3n) is 3.68. The molecule has 6 heteroatoms. The molecule has 0 aliphatic rings. The summed E-state index contributed by atoms with van der Waals surface area (Å²) in [5.41, 5.74) is 5.19. The number of hydrogen-bond acceptors (Lipinski definition) is 5. The summed E-state index contributed by atoms with van der Waals surface area (Å²) in [6.45, 7) is 6.57. The van der Waals surface area contributed by atoms with Crippen LogP contribution in [0.2, 0.25) is 0 Å². The third-order valence-corrected chi connectivity index (χ3v) is 3.68. The van der Waals surface area contributed by atoms with Gasteiger partial charge in [0.15, 0.2) is 0 Å². The van der Waals surface area contributed by atoms with E-state index in [1.54, 1.807) is 26.8 Å². The maximum atomic E-state index is 12.4. The minimum absolute atomic E-state index is 0.117. The first kappa shape index (κ1) is 18.6. The van der Waals surface area contributed by atoms with E-state index in [9.17, 15) is 14.9 Å². The van der Waals surface area contributed by atoms with Crippen molar-refractivity contribution in [1.29, 1.82) is 0 Å². The molecule has 132 valence electrons. The number of nitrogens with zero attached hydrogens (tertiary/aromatic N) is 1. The van der Waals surface area contributed by atoms with E-state index in [1.807, 2.05) is 30.3 Å². The summed E-state index contributed by atoms with van der Waals surface area (Å²) in [5, 5.41) is 11.6. The van der Waals surface area contributed by atoms with Gasteiger partial charge in [0.05, 0.1) is 10.5 Å². The number of carbonyl (C=O) groups excluding carboxylic acids is 1. The Hall–Kier alpha value is -2.73. The number of hydrogen-bond donors (Lipinski definition) is 1. The molecule has 0 saturated carbocycles. The van der Waals surface area contributed by atoms with E-state index >= 15 is 0 Å². The second-order valence-electron chi connectivity index (χ2n) is 7.06. The molecule has 2 rings (SSSR count). The predicted octanol–water partition coefficient (Wildman–Crippen LogP) is 3.78. The quantitative estimate of drug-likeness (QED) is 0.518. The van der Waals surface area contributed by atoms with E-state index in [4.69, 9.17) is 10.5 Å². The molecule has 0 bridgehead atoms. The van der Waals surface area contributed by atoms with Crippen molar-refractivity contribution in [3.05, 3.63) is 64.2 Å². The Labute approximate surface area is 146 Å². The minimum Gasteiger partial charge on any atom is -0.458 e. The number of benzene rings is 2. The van der Waals surface area contributed by atoms with Gasteiger partial charge in [0.1, 0.15) is 11.1 Å². The van der Waals surface area contributed by atoms with Crippen LogP contribution in [0.4, 0.5) is 5.69 Å². The van der Waals surface area contributed by atoms with Crippen LogP contribution in [-0.2, 0) is 15.1 Å². The van der Waals surface area contributed by atoms with Crippen LogP contribution >= 0.6 is 0 Å². The molecule has 2 aromatic rings. The average molecular weight is 342 g/mol. The van der Waals surface area contributed by atoms with Gasteiger partial charge in [0, 0.05) is 6.07 Å². The van der Waals surface area contributed by atoms with Crippen molar-refractivity contribution >= 4 is 11.7 Å². The normalized spacial score (nSPS) is 13.8. The minimum atomic E-state index is -1.63. The van der Waals surface area contributed by atoms with Crippen LogP contribution in [-0.4, -0.2) is 16.5 Å². The number of nitro groups is 1. The van der Waals surface area contributed by atoms with Gasteiger partial charge in [-0.05, 0) is 44.9 Å². The van der Waals surface area contributed by atoms with Gasteiger partial charge in [-0.3, -0.25) is 10.1 Å². The van der Waals surface area contributed by atoms with Gasteiger partial charge in [0.2, 0.25) is 0 Å². The summed E-state index contributed by atoms with van der Waals surface area (Å²) in [5.74, 6) is -0.712. The molecule has 0 spiro atoms. The van der Waals surface area contributed by atoms with Crippen LogP contribution in [0.1, 0.15) is 33.3 Å². The maximum absolute atomic E-state index is 12.4. The first-order chi connectivity index (χ1) is 11.5. The Morgan fingerprint density at radius 3 is 2.16 bits per heavy atom. The third kappa shape index (κ3) is 4.22. The standard InChI is InChI=1S/C19H22N2O4/c1-18(2,3)25-17(22)19(4,20)15-11-10-14(12-16(15)21(23)24)13-8-6-5-7-9-13/h5-12H,20H2,1-4H3/t19-/m0/s1. The molecule has 6 nitrogen and oxygen atoms in total. The zero-order valence-electron chi connectivity index (χ0n) is 14.8. The number of rotatable bonds is 4. The van der Waals surface area contributed by atoms with Gasteiger partial charge < -0.3 is 10.5 Å². The number of carbonyl (C=O) groups is 1. The van der Waals surface area contributed by atoms with Crippen LogP contribution in [0.25, 0.3) is 11.1 Å². The van der Waals surface area contributed by atoms with Crippen LogP contribution in [0.5, 0.6) is 0 Å². The molecule has 2 aromatic carbocycles. The van der Waals surface area contributed by atoms with E-state index in [-0.39, 0.29) is 11.3 Å². The summed E-state index contributed by atoms with van der Waals surface area (Å²) in [6.07, 6.45) is 0. The summed E-state index contributed by atoms with van der Waals surface area (Å²) in [6, 6.07) is 13.9. The lowest BCUT2D eigenvalue weighted by Gasteiger charge is -2.28. The van der Waals surface area contributed by atoms with Crippen LogP contribution < -0.4 is 5.73 Å². The van der Waals surface area contributed by atoms with E-state index in [1.165, 1.54) is 19.1 Å². The van der Waals surface area contributed by atoms with Gasteiger partial charge in [0.25, 0.3) is 5.69 Å². The summed E-state index contributed by atoms with van der Waals surface area (Å²) in [4.78, 5) is 23.5. The molecule has 0 fully saturated rings. The van der Waals surface area contributed by atoms with Gasteiger partial charge in [-0.1, -0.05) is 36.4 Å². The molecular formula is C19H22N2O4. The molecular weight excluding hydrogens is 320 g/mol. The Balaban J connectivity index is 2.51. The van der Waals surface area contributed by atoms with Crippen molar-refractivity contribution in [1.82, 2.24) is 0 Å². The van der Waals surface area contributed by atoms with E-state index in [0.29, 0.717) is 5.56 Å². The lowest BCUT2D eigenvalue weighted by Crippen LogP contribution is -2.46. The van der Waals surface area contributed by atoms with Gasteiger partial charge in [-0.2, -0.15) is 0 Å². The molecule has 0 heterocycles. The molecule has 0 aromatic heterocycles. The second kappa shape index (κ2) is 6.64. The molecule has 0 aliphatic heterocycles. The van der Waals surface area contributed by atoms with Gasteiger partial charge in [-0.25, -0.2) is 4.79 Å². The largest absolute Gasteiger partial charge is 0.458 e. The lowest BCUT2D eigenvalue weighted by atomic mass is 9.89. The number of esters is 1. The molecule has 0 radical (unpaired) electrons. The fourth-order valence-corrected chi connectivity index (χ4v) is 2.43. The Bertz CT molecular complexity index is 793. The SMILES string of the molecule is CC(C)(C)OC(=O)[C@@](C)(N)c1ccc(-c2ccccc2)cc1[N+](=O)[O-]. The monoisotopic (exact) mass is 342 g/mol. The molecule has 0 unspecified atom stereocenters. The zero-order valence-corrected chi connectivity index (χ0v) is 14.8. The van der Waals surface area contributed by atoms with Gasteiger partial charge in [-0.15, -0.1) is 0 Å². The topological polar surface area (TPSA) is 95.5 Å².